The van der Waals surface area contributed by atoms with Crippen LogP contribution in [0.3, 0.4) is 0 Å². The van der Waals surface area contributed by atoms with Gasteiger partial charge < -0.3 is 21.7 Å². The van der Waals surface area contributed by atoms with Gasteiger partial charge in [-0.2, -0.15) is 0 Å². The molecule has 0 saturated heterocycles. The normalized spacial score (nSPS) is 13.7. The van der Waals surface area contributed by atoms with Crippen molar-refractivity contribution in [2.24, 2.45) is 0 Å². The molecular formula is C13H18NO3Y-. The molecule has 0 saturated carbocycles. The monoisotopic (exact) mass is 327 g/mol. The summed E-state index contributed by atoms with van der Waals surface area (Å²) < 4.78 is 24.1. The summed E-state index contributed by atoms with van der Waals surface area (Å²) in [5, 5.41) is 2.88. The third-order valence-corrected chi connectivity index (χ3v) is 2.39. The molecule has 18 heavy (non-hydrogen) atoms. The van der Waals surface area contributed by atoms with Gasteiger partial charge >= 0.3 is 5.97 Å². The zero-order chi connectivity index (χ0) is 14.5. The van der Waals surface area contributed by atoms with Gasteiger partial charge in [-0.25, -0.2) is 0 Å². The minimum atomic E-state index is -1.96. The molecule has 0 fully saturated rings. The van der Waals surface area contributed by atoms with Crippen LogP contribution in [-0.2, 0) is 48.7 Å². The van der Waals surface area contributed by atoms with E-state index in [2.05, 4.69) is 17.0 Å². The Morgan fingerprint density at radius 1 is 1.50 bits per heavy atom. The second-order valence-corrected chi connectivity index (χ2v) is 3.46. The van der Waals surface area contributed by atoms with Crippen molar-refractivity contribution in [3.63, 3.8) is 0 Å². The van der Waals surface area contributed by atoms with Crippen LogP contribution in [0.15, 0.2) is 24.3 Å². The van der Waals surface area contributed by atoms with Gasteiger partial charge in [0.2, 0.25) is 0 Å². The Labute approximate surface area is 136 Å². The van der Waals surface area contributed by atoms with Gasteiger partial charge in [0.1, 0.15) is 11.8 Å². The summed E-state index contributed by atoms with van der Waals surface area (Å²) >= 11 is 0. The van der Waals surface area contributed by atoms with E-state index >= 15 is 0 Å². The Morgan fingerprint density at radius 2 is 2.11 bits per heavy atom. The fraction of sp³-hybridized carbons (Fsp3) is 0.385. The van der Waals surface area contributed by atoms with Gasteiger partial charge in [-0.1, -0.05) is 12.1 Å². The van der Waals surface area contributed by atoms with Gasteiger partial charge in [-0.05, 0) is 37.7 Å². The fourth-order valence-corrected chi connectivity index (χ4v) is 1.46. The van der Waals surface area contributed by atoms with Crippen molar-refractivity contribution in [3.05, 3.63) is 36.8 Å². The van der Waals surface area contributed by atoms with Gasteiger partial charge in [-0.15, -0.1) is 0 Å². The second kappa shape index (κ2) is 9.48. The Hall–Kier alpha value is -0.446. The molecular weight excluding hydrogens is 307 g/mol. The molecule has 4 nitrogen and oxygen atoms in total. The number of nitrogens with one attached hydrogen (secondary N) is 1. The van der Waals surface area contributed by atoms with E-state index in [0.29, 0.717) is 12.2 Å². The summed E-state index contributed by atoms with van der Waals surface area (Å²) in [5.41, 5.74) is 0.918. The molecule has 1 atom stereocenters. The zero-order valence-electron chi connectivity index (χ0n) is 12.6. The molecule has 0 aromatic heterocycles. The summed E-state index contributed by atoms with van der Waals surface area (Å²) in [6.07, 6.45) is 0.487. The number of carbonyl (C=O) groups is 1. The average molecular weight is 327 g/mol. The molecule has 5 heteroatoms. The third-order valence-electron chi connectivity index (χ3n) is 2.39. The molecule has 0 aliphatic rings. The minimum Gasteiger partial charge on any atom is -0.525 e. The fourth-order valence-electron chi connectivity index (χ4n) is 1.46. The molecule has 1 unspecified atom stereocenters. The van der Waals surface area contributed by atoms with E-state index in [1.165, 1.54) is 7.11 Å². The summed E-state index contributed by atoms with van der Waals surface area (Å²) in [4.78, 5) is 11.4. The van der Waals surface area contributed by atoms with Crippen LogP contribution < -0.4 is 10.1 Å². The maximum Gasteiger partial charge on any atom is 0.323 e. The third kappa shape index (κ3) is 5.46. The topological polar surface area (TPSA) is 47.6 Å². The number of hydrogen-bond donors (Lipinski definition) is 1. The van der Waals surface area contributed by atoms with Crippen LogP contribution in [-0.4, -0.2) is 32.7 Å². The molecule has 0 aliphatic heterocycles. The first kappa shape index (κ1) is 14.0. The van der Waals surface area contributed by atoms with E-state index in [1.54, 1.807) is 31.3 Å². The number of ether oxygens (including phenoxy) is 2. The number of likely N-dealkylation sites (N-methyl/N-ethyl adjacent to an activating group) is 1. The van der Waals surface area contributed by atoms with Crippen LogP contribution >= 0.6 is 0 Å². The van der Waals surface area contributed by atoms with Crippen LogP contribution in [0.1, 0.15) is 8.30 Å². The van der Waals surface area contributed by atoms with Crippen molar-refractivity contribution in [3.8, 4) is 5.75 Å². The van der Waals surface area contributed by atoms with Crippen molar-refractivity contribution >= 4 is 5.97 Å². The van der Waals surface area contributed by atoms with E-state index in [9.17, 15) is 4.79 Å². The molecule has 0 heterocycles. The van der Waals surface area contributed by atoms with Crippen LogP contribution in [0.2, 0.25) is 0 Å². The minimum absolute atomic E-state index is 0. The van der Waals surface area contributed by atoms with E-state index in [4.69, 9.17) is 7.48 Å². The van der Waals surface area contributed by atoms with E-state index < -0.39 is 12.6 Å². The van der Waals surface area contributed by atoms with E-state index in [-0.39, 0.29) is 38.7 Å². The first-order valence-corrected chi connectivity index (χ1v) is 5.24. The van der Waals surface area contributed by atoms with E-state index in [1.807, 2.05) is 0 Å². The number of esters is 1. The second-order valence-electron chi connectivity index (χ2n) is 3.46. The molecule has 0 amide bonds. The zero-order valence-corrected chi connectivity index (χ0v) is 13.4. The molecule has 1 aromatic rings. The van der Waals surface area contributed by atoms with Gasteiger partial charge in [-0.3, -0.25) is 4.79 Å². The number of methoxy groups -OCH3 is 1. The first-order valence-electron chi connectivity index (χ1n) is 6.24. The van der Waals surface area contributed by atoms with Crippen LogP contribution in [0.5, 0.6) is 5.75 Å². The van der Waals surface area contributed by atoms with Crippen molar-refractivity contribution in [1.82, 2.24) is 5.32 Å². The molecule has 97 valence electrons. The standard InChI is InChI=1S/C13H18NO3.Y/c1-4-17-11-7-5-10(6-8-11)9-12(14-2)13(15)16-3;/h5-8,12,14H,1,4,9H2,2-3H3;/q-1;/i4D2;. The quantitative estimate of drug-likeness (QED) is 0.630. The number of carbonyl (C=O) groups excluding carboxylic acids is 1. The summed E-state index contributed by atoms with van der Waals surface area (Å²) in [5.74, 6) is 0.0692. The summed E-state index contributed by atoms with van der Waals surface area (Å²) in [6, 6.07) is 6.42. The number of benzene rings is 1. The molecule has 1 aromatic carbocycles. The van der Waals surface area contributed by atoms with Gasteiger partial charge in [0.15, 0.2) is 0 Å². The summed E-state index contributed by atoms with van der Waals surface area (Å²) in [7, 11) is 3.04. The van der Waals surface area contributed by atoms with Crippen molar-refractivity contribution in [1.29, 1.82) is 0 Å². The largest absolute Gasteiger partial charge is 0.525 e. The van der Waals surface area contributed by atoms with Gasteiger partial charge in [0.25, 0.3) is 0 Å². The molecule has 1 radical (unpaired) electrons. The maximum atomic E-state index is 11.4. The Balaban J connectivity index is 0.00000361. The van der Waals surface area contributed by atoms with Gasteiger partial charge in [0, 0.05) is 35.5 Å². The smallest absolute Gasteiger partial charge is 0.323 e. The Bertz CT molecular complexity index is 421. The SMILES string of the molecule is [2H]C([2H])([CH2-])Oc1ccc(CC(NC)C(=O)OC)cc1.[Y]. The van der Waals surface area contributed by atoms with Crippen molar-refractivity contribution < 1.29 is 49.7 Å². The van der Waals surface area contributed by atoms with Crippen LogP contribution in [0.4, 0.5) is 0 Å². The van der Waals surface area contributed by atoms with Crippen molar-refractivity contribution in [2.75, 3.05) is 20.7 Å². The summed E-state index contributed by atoms with van der Waals surface area (Å²) in [6.45, 7) is 1.27. The molecule has 0 spiro atoms. The molecule has 1 rings (SSSR count). The molecule has 0 aliphatic carbocycles. The van der Waals surface area contributed by atoms with E-state index in [0.717, 1.165) is 5.56 Å². The predicted molar refractivity (Wildman–Crippen MR) is 65.9 cm³/mol. The maximum absolute atomic E-state index is 11.4. The number of hydrogen-bond acceptors (Lipinski definition) is 4. The average Bonchev–Trinajstić information content (AvgIpc) is 2.35. The van der Waals surface area contributed by atoms with Gasteiger partial charge in [0.05, 0.1) is 7.11 Å². The van der Waals surface area contributed by atoms with Crippen LogP contribution in [0, 0.1) is 6.92 Å². The molecule has 0 bridgehead atoms. The first-order chi connectivity index (χ1) is 8.85. The Morgan fingerprint density at radius 3 is 2.56 bits per heavy atom. The molecule has 1 N–H and O–H groups in total. The predicted octanol–water partition coefficient (Wildman–Crippen LogP) is 1.20. The Kier molecular flexibility index (Phi) is 7.36. The number of rotatable bonds is 6. The van der Waals surface area contributed by atoms with Crippen LogP contribution in [0.25, 0.3) is 0 Å². The van der Waals surface area contributed by atoms with Crippen molar-refractivity contribution in [2.45, 2.75) is 12.5 Å².